The van der Waals surface area contributed by atoms with Gasteiger partial charge in [0.1, 0.15) is 6.33 Å². The van der Waals surface area contributed by atoms with Crippen LogP contribution in [0.15, 0.2) is 53.6 Å². The number of ether oxygens (including phenoxy) is 1. The molecule has 1 fully saturated rings. The number of hydrogen-bond acceptors (Lipinski definition) is 5. The molecule has 160 valence electrons. The number of fused-ring (bicyclic) bond motifs is 1. The fraction of sp³-hybridized carbons (Fsp3) is 0.273. The number of benzene rings is 2. The Hall–Kier alpha value is -3.39. The van der Waals surface area contributed by atoms with Gasteiger partial charge in [-0.1, -0.05) is 17.7 Å². The van der Waals surface area contributed by atoms with Crippen LogP contribution in [-0.4, -0.2) is 64.1 Å². The van der Waals surface area contributed by atoms with Gasteiger partial charge in [-0.15, -0.1) is 0 Å². The summed E-state index contributed by atoms with van der Waals surface area (Å²) in [5, 5.41) is 0.930. The molecule has 0 unspecified atom stereocenters. The maximum absolute atomic E-state index is 12.9. The molecule has 2 amide bonds. The van der Waals surface area contributed by atoms with E-state index in [9.17, 15) is 14.4 Å². The molecule has 2 heterocycles. The van der Waals surface area contributed by atoms with Crippen molar-refractivity contribution < 1.29 is 14.3 Å². The number of carbonyl (C=O) groups excluding carboxylic acids is 2. The molecule has 31 heavy (non-hydrogen) atoms. The van der Waals surface area contributed by atoms with Crippen LogP contribution in [0.3, 0.4) is 0 Å². The Morgan fingerprint density at radius 2 is 1.81 bits per heavy atom. The zero-order chi connectivity index (χ0) is 22.0. The number of carbonyl (C=O) groups is 2. The second kappa shape index (κ2) is 8.77. The van der Waals surface area contributed by atoms with Crippen molar-refractivity contribution in [2.75, 3.05) is 32.8 Å². The van der Waals surface area contributed by atoms with Crippen LogP contribution in [0.1, 0.15) is 17.3 Å². The second-order valence-corrected chi connectivity index (χ2v) is 7.55. The average Bonchev–Trinajstić information content (AvgIpc) is 2.79. The van der Waals surface area contributed by atoms with Crippen molar-refractivity contribution in [3.05, 3.63) is 69.7 Å². The molecule has 0 spiro atoms. The fourth-order valence-corrected chi connectivity index (χ4v) is 3.74. The molecular formula is C22H21ClN4O4. The third-order valence-corrected chi connectivity index (χ3v) is 5.42. The van der Waals surface area contributed by atoms with Gasteiger partial charge in [-0.2, -0.15) is 0 Å². The van der Waals surface area contributed by atoms with Crippen LogP contribution in [0.4, 0.5) is 4.79 Å². The minimum absolute atomic E-state index is 0.161. The number of halogens is 1. The highest BCUT2D eigenvalue weighted by molar-refractivity contribution is 6.30. The van der Waals surface area contributed by atoms with Gasteiger partial charge in [-0.05, 0) is 43.3 Å². The molecule has 0 aliphatic carbocycles. The van der Waals surface area contributed by atoms with Crippen molar-refractivity contribution in [1.29, 1.82) is 0 Å². The molecule has 1 aliphatic rings. The quantitative estimate of drug-likeness (QED) is 0.625. The molecule has 1 aliphatic heterocycles. The van der Waals surface area contributed by atoms with E-state index in [0.717, 1.165) is 0 Å². The molecule has 8 nitrogen and oxygen atoms in total. The Bertz CT molecular complexity index is 1200. The largest absolute Gasteiger partial charge is 0.450 e. The lowest BCUT2D eigenvalue weighted by atomic mass is 10.1. The lowest BCUT2D eigenvalue weighted by Gasteiger charge is -2.34. The predicted molar refractivity (Wildman–Crippen MR) is 117 cm³/mol. The zero-order valence-corrected chi connectivity index (χ0v) is 17.7. The van der Waals surface area contributed by atoms with E-state index in [2.05, 4.69) is 4.98 Å². The SMILES string of the molecule is CCOC(=O)N1CCN(C(=O)c2ccc3c(=O)n(-c4cccc(Cl)c4)cnc3c2)CC1. The van der Waals surface area contributed by atoms with Gasteiger partial charge in [0, 0.05) is 36.8 Å². The third-order valence-electron chi connectivity index (χ3n) is 5.19. The molecule has 2 aromatic carbocycles. The van der Waals surface area contributed by atoms with Crippen molar-refractivity contribution >= 4 is 34.5 Å². The van der Waals surface area contributed by atoms with Crippen LogP contribution < -0.4 is 5.56 Å². The molecule has 4 rings (SSSR count). The summed E-state index contributed by atoms with van der Waals surface area (Å²) < 4.78 is 6.43. The van der Waals surface area contributed by atoms with Gasteiger partial charge in [0.25, 0.3) is 11.5 Å². The van der Waals surface area contributed by atoms with E-state index in [0.29, 0.717) is 60.0 Å². The van der Waals surface area contributed by atoms with Crippen LogP contribution >= 0.6 is 11.6 Å². The summed E-state index contributed by atoms with van der Waals surface area (Å²) in [7, 11) is 0. The van der Waals surface area contributed by atoms with E-state index in [4.69, 9.17) is 16.3 Å². The van der Waals surface area contributed by atoms with E-state index in [1.54, 1.807) is 59.2 Å². The summed E-state index contributed by atoms with van der Waals surface area (Å²) in [5.41, 5.74) is 1.27. The first kappa shape index (κ1) is 20.9. The monoisotopic (exact) mass is 440 g/mol. The molecule has 0 radical (unpaired) electrons. The molecule has 9 heteroatoms. The van der Waals surface area contributed by atoms with Crippen molar-refractivity contribution in [1.82, 2.24) is 19.4 Å². The topological polar surface area (TPSA) is 84.7 Å². The van der Waals surface area contributed by atoms with Crippen LogP contribution in [0.25, 0.3) is 16.6 Å². The van der Waals surface area contributed by atoms with Gasteiger partial charge in [0.05, 0.1) is 23.2 Å². The third kappa shape index (κ3) is 4.25. The normalized spacial score (nSPS) is 14.0. The summed E-state index contributed by atoms with van der Waals surface area (Å²) in [5.74, 6) is -0.161. The van der Waals surface area contributed by atoms with E-state index in [1.165, 1.54) is 10.9 Å². The molecule has 1 saturated heterocycles. The molecule has 0 atom stereocenters. The molecule has 0 N–H and O–H groups in total. The smallest absolute Gasteiger partial charge is 0.409 e. The summed E-state index contributed by atoms with van der Waals surface area (Å²) >= 11 is 6.03. The van der Waals surface area contributed by atoms with Crippen LogP contribution in [-0.2, 0) is 4.74 Å². The maximum atomic E-state index is 12.9. The Labute approximate surface area is 183 Å². The van der Waals surface area contributed by atoms with Gasteiger partial charge in [0.2, 0.25) is 0 Å². The Balaban J connectivity index is 1.55. The highest BCUT2D eigenvalue weighted by atomic mass is 35.5. The molecular weight excluding hydrogens is 420 g/mol. The zero-order valence-electron chi connectivity index (χ0n) is 17.0. The second-order valence-electron chi connectivity index (χ2n) is 7.11. The Morgan fingerprint density at radius 1 is 1.06 bits per heavy atom. The number of aromatic nitrogens is 2. The van der Waals surface area contributed by atoms with Crippen LogP contribution in [0.5, 0.6) is 0 Å². The van der Waals surface area contributed by atoms with Crippen LogP contribution in [0.2, 0.25) is 5.02 Å². The predicted octanol–water partition coefficient (Wildman–Crippen LogP) is 2.95. The van der Waals surface area contributed by atoms with Gasteiger partial charge in [-0.3, -0.25) is 14.2 Å². The fourth-order valence-electron chi connectivity index (χ4n) is 3.55. The summed E-state index contributed by atoms with van der Waals surface area (Å²) in [6.07, 6.45) is 1.07. The van der Waals surface area contributed by atoms with Crippen molar-refractivity contribution in [2.45, 2.75) is 6.92 Å². The first-order valence-electron chi connectivity index (χ1n) is 9.96. The Kier molecular flexibility index (Phi) is 5.90. The van der Waals surface area contributed by atoms with Crippen LogP contribution in [0, 0.1) is 0 Å². The molecule has 1 aromatic heterocycles. The Morgan fingerprint density at radius 3 is 2.52 bits per heavy atom. The van der Waals surface area contributed by atoms with E-state index in [-0.39, 0.29) is 17.6 Å². The summed E-state index contributed by atoms with van der Waals surface area (Å²) in [4.78, 5) is 45.3. The molecule has 0 bridgehead atoms. The molecule has 0 saturated carbocycles. The first-order chi connectivity index (χ1) is 15.0. The van der Waals surface area contributed by atoms with Crippen molar-refractivity contribution in [2.24, 2.45) is 0 Å². The van der Waals surface area contributed by atoms with E-state index in [1.807, 2.05) is 0 Å². The number of amides is 2. The maximum Gasteiger partial charge on any atom is 0.409 e. The van der Waals surface area contributed by atoms with Gasteiger partial charge < -0.3 is 14.5 Å². The lowest BCUT2D eigenvalue weighted by Crippen LogP contribution is -2.50. The van der Waals surface area contributed by atoms with E-state index >= 15 is 0 Å². The highest BCUT2D eigenvalue weighted by Gasteiger charge is 2.25. The number of hydrogen-bond donors (Lipinski definition) is 0. The highest BCUT2D eigenvalue weighted by Crippen LogP contribution is 2.17. The van der Waals surface area contributed by atoms with Gasteiger partial charge in [0.15, 0.2) is 0 Å². The average molecular weight is 441 g/mol. The van der Waals surface area contributed by atoms with Crippen molar-refractivity contribution in [3.8, 4) is 5.69 Å². The standard InChI is InChI=1S/C22H21ClN4O4/c1-2-31-22(30)26-10-8-25(9-11-26)20(28)15-6-7-18-19(12-15)24-14-27(21(18)29)17-5-3-4-16(23)13-17/h3-7,12-14H,2,8-11H2,1H3. The summed E-state index contributed by atoms with van der Waals surface area (Å²) in [6, 6.07) is 11.8. The number of nitrogens with zero attached hydrogens (tertiary/aromatic N) is 4. The first-order valence-corrected chi connectivity index (χ1v) is 10.3. The van der Waals surface area contributed by atoms with E-state index < -0.39 is 0 Å². The summed E-state index contributed by atoms with van der Waals surface area (Å²) in [6.45, 7) is 3.75. The lowest BCUT2D eigenvalue weighted by molar-refractivity contribution is 0.0570. The van der Waals surface area contributed by atoms with Gasteiger partial charge in [-0.25, -0.2) is 9.78 Å². The minimum Gasteiger partial charge on any atom is -0.450 e. The number of rotatable bonds is 3. The minimum atomic E-state index is -0.361. The van der Waals surface area contributed by atoms with Gasteiger partial charge >= 0.3 is 6.09 Å². The molecule has 3 aromatic rings. The number of piperazine rings is 1. The van der Waals surface area contributed by atoms with Crippen molar-refractivity contribution in [3.63, 3.8) is 0 Å².